The van der Waals surface area contributed by atoms with Gasteiger partial charge in [0, 0.05) is 0 Å². The molecule has 2 aromatic carbocycles. The average Bonchev–Trinajstić information content (AvgIpc) is 2.59. The van der Waals surface area contributed by atoms with Gasteiger partial charge in [0.2, 0.25) is 0 Å². The second-order valence-electron chi connectivity index (χ2n) is 5.94. The zero-order valence-corrected chi connectivity index (χ0v) is 13.0. The molecule has 2 aromatic rings. The molecule has 0 radical (unpaired) electrons. The maximum absolute atomic E-state index is 10.9. The summed E-state index contributed by atoms with van der Waals surface area (Å²) in [5.41, 5.74) is 0.0914. The maximum atomic E-state index is 10.9. The van der Waals surface area contributed by atoms with Crippen LogP contribution in [0.4, 0.5) is 0 Å². The first-order valence-corrected chi connectivity index (χ1v) is 7.91. The van der Waals surface area contributed by atoms with Crippen molar-refractivity contribution in [3.63, 3.8) is 0 Å². The molecule has 1 heterocycles. The Morgan fingerprint density at radius 1 is 1.00 bits per heavy atom. The first kappa shape index (κ1) is 15.9. The quantitative estimate of drug-likeness (QED) is 0.863. The summed E-state index contributed by atoms with van der Waals surface area (Å²) in [6.07, 6.45) is 1.72. The Morgan fingerprint density at radius 3 is 2.22 bits per heavy atom. The Balaban J connectivity index is 1.66. The van der Waals surface area contributed by atoms with E-state index >= 15 is 0 Å². The van der Waals surface area contributed by atoms with E-state index in [1.807, 2.05) is 54.6 Å². The Bertz CT molecular complexity index is 637. The molecule has 0 aliphatic carbocycles. The fourth-order valence-electron chi connectivity index (χ4n) is 2.96. The summed E-state index contributed by atoms with van der Waals surface area (Å²) in [7, 11) is 0.917. The van der Waals surface area contributed by atoms with Crippen molar-refractivity contribution in [3.05, 3.63) is 60.2 Å². The van der Waals surface area contributed by atoms with E-state index in [9.17, 15) is 9.81 Å². The third-order valence-corrected chi connectivity index (χ3v) is 4.39. The molecule has 3 rings (SSSR count). The van der Waals surface area contributed by atoms with E-state index in [2.05, 4.69) is 4.90 Å². The van der Waals surface area contributed by atoms with Crippen LogP contribution in [0, 0.1) is 0 Å². The molecule has 0 bridgehead atoms. The van der Waals surface area contributed by atoms with Crippen molar-refractivity contribution in [1.29, 1.82) is 0 Å². The van der Waals surface area contributed by atoms with Gasteiger partial charge in [0.15, 0.2) is 0 Å². The van der Waals surface area contributed by atoms with Gasteiger partial charge in [-0.2, -0.15) is 0 Å². The van der Waals surface area contributed by atoms with Gasteiger partial charge in [-0.3, -0.25) is 0 Å². The standard InChI is InChI=1S/C18H20BNO3/c21-18(10-12-20(13-11-18)14-19-22)15-6-8-17(9-7-15)23-16-4-2-1-3-5-16/h1-9,21H,10-14H2. The summed E-state index contributed by atoms with van der Waals surface area (Å²) in [5, 5.41) is 10.9. The van der Waals surface area contributed by atoms with Crippen molar-refractivity contribution < 1.29 is 14.5 Å². The average molecular weight is 309 g/mol. The van der Waals surface area contributed by atoms with E-state index in [0.717, 1.165) is 37.3 Å². The predicted octanol–water partition coefficient (Wildman–Crippen LogP) is 2.77. The van der Waals surface area contributed by atoms with E-state index in [0.29, 0.717) is 19.3 Å². The van der Waals surface area contributed by atoms with E-state index in [-0.39, 0.29) is 0 Å². The van der Waals surface area contributed by atoms with Crippen molar-refractivity contribution in [2.24, 2.45) is 0 Å². The number of hydrogen-bond donors (Lipinski definition) is 1. The van der Waals surface area contributed by atoms with Crippen LogP contribution in [0.1, 0.15) is 18.4 Å². The topological polar surface area (TPSA) is 49.8 Å². The van der Waals surface area contributed by atoms with Gasteiger partial charge in [-0.25, -0.2) is 0 Å². The van der Waals surface area contributed by atoms with Gasteiger partial charge >= 0.3 is 118 Å². The van der Waals surface area contributed by atoms with Gasteiger partial charge < -0.3 is 0 Å². The van der Waals surface area contributed by atoms with Crippen molar-refractivity contribution >= 4 is 7.15 Å². The van der Waals surface area contributed by atoms with Crippen LogP contribution in [0.15, 0.2) is 54.6 Å². The third-order valence-electron chi connectivity index (χ3n) is 4.39. The molecular weight excluding hydrogens is 289 g/mol. The zero-order chi connectivity index (χ0) is 16.1. The number of benzene rings is 2. The molecule has 23 heavy (non-hydrogen) atoms. The number of rotatable bonds is 5. The van der Waals surface area contributed by atoms with Crippen LogP contribution >= 0.6 is 0 Å². The molecule has 0 atom stereocenters. The van der Waals surface area contributed by atoms with E-state index in [4.69, 9.17) is 4.74 Å². The minimum atomic E-state index is -0.815. The van der Waals surface area contributed by atoms with Gasteiger partial charge in [0.25, 0.3) is 0 Å². The van der Waals surface area contributed by atoms with Crippen LogP contribution in [0.25, 0.3) is 0 Å². The molecule has 4 nitrogen and oxygen atoms in total. The number of ether oxygens (including phenoxy) is 1. The summed E-state index contributed by atoms with van der Waals surface area (Å²) < 4.78 is 16.3. The van der Waals surface area contributed by atoms with Crippen LogP contribution in [0.5, 0.6) is 11.5 Å². The number of hydrogen-bond acceptors (Lipinski definition) is 4. The number of para-hydroxylation sites is 1. The Hall–Kier alpha value is -1.98. The molecule has 118 valence electrons. The summed E-state index contributed by atoms with van der Waals surface area (Å²) in [5.74, 6) is 1.54. The normalized spacial score (nSPS) is 17.4. The van der Waals surface area contributed by atoms with Gasteiger partial charge in [0.05, 0.1) is 0 Å². The second kappa shape index (κ2) is 7.07. The van der Waals surface area contributed by atoms with Gasteiger partial charge in [-0.1, -0.05) is 18.2 Å². The van der Waals surface area contributed by atoms with Crippen LogP contribution in [0.3, 0.4) is 0 Å². The first-order chi connectivity index (χ1) is 11.2. The van der Waals surface area contributed by atoms with Crippen LogP contribution in [-0.4, -0.2) is 36.7 Å². The summed E-state index contributed by atoms with van der Waals surface area (Å²) in [6, 6.07) is 17.2. The van der Waals surface area contributed by atoms with E-state index in [1.165, 1.54) is 0 Å². The predicted molar refractivity (Wildman–Crippen MR) is 89.0 cm³/mol. The van der Waals surface area contributed by atoms with Crippen LogP contribution in [-0.2, 0) is 10.3 Å². The molecule has 0 saturated carbocycles. The summed E-state index contributed by atoms with van der Waals surface area (Å²) >= 11 is 0. The molecule has 1 fully saturated rings. The van der Waals surface area contributed by atoms with E-state index < -0.39 is 5.60 Å². The molecular formula is C18H20BNO3. The Kier molecular flexibility index (Phi) is 4.89. The fourth-order valence-corrected chi connectivity index (χ4v) is 2.96. The van der Waals surface area contributed by atoms with Gasteiger partial charge in [0.1, 0.15) is 0 Å². The molecule has 1 aliphatic heterocycles. The number of likely N-dealkylation sites (tertiary alicyclic amines) is 1. The van der Waals surface area contributed by atoms with Crippen molar-refractivity contribution in [3.8, 4) is 11.5 Å². The summed E-state index contributed by atoms with van der Waals surface area (Å²) in [4.78, 5) is 2.06. The molecule has 5 heteroatoms. The van der Waals surface area contributed by atoms with Crippen LogP contribution in [0.2, 0.25) is 0 Å². The Labute approximate surface area is 137 Å². The monoisotopic (exact) mass is 309 g/mol. The molecule has 0 aromatic heterocycles. The molecule has 0 spiro atoms. The SMILES string of the molecule is O=BCN1CCC(O)(c2ccc(Oc3ccccc3)cc2)CC1. The van der Waals surface area contributed by atoms with Crippen LogP contribution < -0.4 is 4.74 Å². The van der Waals surface area contributed by atoms with Crippen molar-refractivity contribution in [2.75, 3.05) is 19.5 Å². The second-order valence-corrected chi connectivity index (χ2v) is 5.94. The number of piperidine rings is 1. The molecule has 1 aliphatic rings. The van der Waals surface area contributed by atoms with Gasteiger partial charge in [-0.05, 0) is 0 Å². The fraction of sp³-hybridized carbons (Fsp3) is 0.333. The number of aliphatic hydroxyl groups is 1. The first-order valence-electron chi connectivity index (χ1n) is 7.91. The molecule has 0 unspecified atom stereocenters. The van der Waals surface area contributed by atoms with E-state index in [1.54, 1.807) is 0 Å². The molecule has 1 N–H and O–H groups in total. The van der Waals surface area contributed by atoms with Gasteiger partial charge in [-0.15, -0.1) is 0 Å². The van der Waals surface area contributed by atoms with Crippen molar-refractivity contribution in [1.82, 2.24) is 4.90 Å². The molecule has 0 amide bonds. The summed E-state index contributed by atoms with van der Waals surface area (Å²) in [6.45, 7) is 1.47. The Morgan fingerprint density at radius 2 is 1.61 bits per heavy atom. The third kappa shape index (κ3) is 3.87. The minimum absolute atomic E-state index is 0.444. The van der Waals surface area contributed by atoms with Crippen molar-refractivity contribution in [2.45, 2.75) is 18.4 Å². The number of nitrogens with zero attached hydrogens (tertiary/aromatic N) is 1. The molecule has 1 saturated heterocycles. The zero-order valence-electron chi connectivity index (χ0n) is 13.0.